The number of rotatable bonds is 3. The van der Waals surface area contributed by atoms with Crippen LogP contribution < -0.4 is 5.32 Å². The van der Waals surface area contributed by atoms with Gasteiger partial charge in [-0.2, -0.15) is 0 Å². The zero-order valence-electron chi connectivity index (χ0n) is 14.4. The Morgan fingerprint density at radius 3 is 2.65 bits per heavy atom. The minimum absolute atomic E-state index is 0.115. The molecule has 1 aromatic heterocycles. The molecule has 3 rings (SSSR count). The van der Waals surface area contributed by atoms with Crippen molar-refractivity contribution < 1.29 is 4.79 Å². The predicted molar refractivity (Wildman–Crippen MR) is 94.9 cm³/mol. The second-order valence-corrected chi connectivity index (χ2v) is 7.74. The van der Waals surface area contributed by atoms with Crippen molar-refractivity contribution in [3.63, 3.8) is 0 Å². The van der Waals surface area contributed by atoms with Crippen LogP contribution in [0.4, 0.5) is 0 Å². The molecular formula is C17H28N4OS. The van der Waals surface area contributed by atoms with Crippen LogP contribution in [0, 0.1) is 6.92 Å². The van der Waals surface area contributed by atoms with Crippen molar-refractivity contribution in [1.29, 1.82) is 0 Å². The van der Waals surface area contributed by atoms with Crippen LogP contribution in [-0.2, 0) is 4.79 Å². The molecule has 5 nitrogen and oxygen atoms in total. The first kappa shape index (κ1) is 16.9. The summed E-state index contributed by atoms with van der Waals surface area (Å²) in [5, 5.41) is 5.55. The van der Waals surface area contributed by atoms with E-state index in [1.807, 2.05) is 0 Å². The molecule has 0 aromatic carbocycles. The van der Waals surface area contributed by atoms with E-state index in [1.165, 1.54) is 10.4 Å². The molecule has 2 saturated heterocycles. The first-order valence-corrected chi connectivity index (χ1v) is 9.43. The maximum absolute atomic E-state index is 13.4. The van der Waals surface area contributed by atoms with Crippen LogP contribution in [-0.4, -0.2) is 79.5 Å². The summed E-state index contributed by atoms with van der Waals surface area (Å²) in [4.78, 5) is 21.3. The van der Waals surface area contributed by atoms with Crippen molar-refractivity contribution in [1.82, 2.24) is 20.0 Å². The van der Waals surface area contributed by atoms with Crippen LogP contribution in [0.5, 0.6) is 0 Å². The van der Waals surface area contributed by atoms with Gasteiger partial charge >= 0.3 is 0 Å². The zero-order chi connectivity index (χ0) is 16.4. The minimum Gasteiger partial charge on any atom is -0.338 e. The monoisotopic (exact) mass is 336 g/mol. The number of carbonyl (C=O) groups excluding carboxylic acids is 1. The Kier molecular flexibility index (Phi) is 5.36. The summed E-state index contributed by atoms with van der Waals surface area (Å²) in [6.07, 6.45) is 0. The normalized spacial score (nSPS) is 25.5. The highest BCUT2D eigenvalue weighted by Gasteiger charge is 2.37. The largest absolute Gasteiger partial charge is 0.338 e. The van der Waals surface area contributed by atoms with Gasteiger partial charge < -0.3 is 15.1 Å². The van der Waals surface area contributed by atoms with Crippen LogP contribution in [0.3, 0.4) is 0 Å². The third-order valence-corrected chi connectivity index (χ3v) is 6.15. The first-order chi connectivity index (χ1) is 11.1. The predicted octanol–water partition coefficient (Wildman–Crippen LogP) is 1.17. The molecule has 2 fully saturated rings. The van der Waals surface area contributed by atoms with Gasteiger partial charge in [0, 0.05) is 56.7 Å². The Bertz CT molecular complexity index is 538. The van der Waals surface area contributed by atoms with Crippen LogP contribution in [0.15, 0.2) is 11.4 Å². The van der Waals surface area contributed by atoms with E-state index in [9.17, 15) is 4.79 Å². The fourth-order valence-corrected chi connectivity index (χ4v) is 4.55. The fraction of sp³-hybridized carbons (Fsp3) is 0.706. The van der Waals surface area contributed by atoms with Gasteiger partial charge in [0.1, 0.15) is 6.04 Å². The molecule has 0 spiro atoms. The molecule has 1 amide bonds. The van der Waals surface area contributed by atoms with Gasteiger partial charge in [0.2, 0.25) is 5.91 Å². The van der Waals surface area contributed by atoms with E-state index in [2.05, 4.69) is 52.4 Å². The highest BCUT2D eigenvalue weighted by atomic mass is 32.1. The van der Waals surface area contributed by atoms with Crippen molar-refractivity contribution in [2.75, 3.05) is 52.9 Å². The number of hydrogen-bond acceptors (Lipinski definition) is 5. The van der Waals surface area contributed by atoms with Gasteiger partial charge in [0.25, 0.3) is 0 Å². The quantitative estimate of drug-likeness (QED) is 0.899. The lowest BCUT2D eigenvalue weighted by Crippen LogP contribution is -2.56. The van der Waals surface area contributed by atoms with E-state index in [0.29, 0.717) is 6.04 Å². The average Bonchev–Trinajstić information content (AvgIpc) is 2.96. The van der Waals surface area contributed by atoms with Crippen molar-refractivity contribution >= 4 is 17.2 Å². The lowest BCUT2D eigenvalue weighted by Gasteiger charge is -2.42. The molecule has 23 heavy (non-hydrogen) atoms. The highest BCUT2D eigenvalue weighted by Crippen LogP contribution is 2.32. The van der Waals surface area contributed by atoms with Gasteiger partial charge in [0.15, 0.2) is 0 Å². The van der Waals surface area contributed by atoms with Crippen molar-refractivity contribution in [3.8, 4) is 0 Å². The molecule has 2 atom stereocenters. The topological polar surface area (TPSA) is 38.8 Å². The Morgan fingerprint density at radius 1 is 1.30 bits per heavy atom. The number of hydrogen-bond donors (Lipinski definition) is 1. The van der Waals surface area contributed by atoms with E-state index in [0.717, 1.165) is 45.8 Å². The summed E-state index contributed by atoms with van der Waals surface area (Å²) in [6, 6.07) is 2.40. The van der Waals surface area contributed by atoms with Crippen LogP contribution in [0.25, 0.3) is 0 Å². The van der Waals surface area contributed by atoms with E-state index in [4.69, 9.17) is 0 Å². The summed E-state index contributed by atoms with van der Waals surface area (Å²) in [7, 11) is 2.13. The van der Waals surface area contributed by atoms with Gasteiger partial charge in [-0.1, -0.05) is 0 Å². The average molecular weight is 337 g/mol. The number of piperazine rings is 2. The van der Waals surface area contributed by atoms with Gasteiger partial charge in [-0.25, -0.2) is 0 Å². The molecule has 0 radical (unpaired) electrons. The van der Waals surface area contributed by atoms with Gasteiger partial charge in [-0.15, -0.1) is 11.3 Å². The number of carbonyl (C=O) groups is 1. The molecule has 2 aliphatic heterocycles. The second-order valence-electron chi connectivity index (χ2n) is 6.79. The smallest absolute Gasteiger partial charge is 0.245 e. The van der Waals surface area contributed by atoms with Crippen molar-refractivity contribution in [2.45, 2.75) is 25.9 Å². The molecule has 0 saturated carbocycles. The van der Waals surface area contributed by atoms with E-state index in [1.54, 1.807) is 11.3 Å². The molecule has 2 aliphatic rings. The van der Waals surface area contributed by atoms with E-state index < -0.39 is 0 Å². The number of nitrogens with zero attached hydrogens (tertiary/aromatic N) is 3. The zero-order valence-corrected chi connectivity index (χ0v) is 15.2. The van der Waals surface area contributed by atoms with Crippen LogP contribution in [0.1, 0.15) is 23.4 Å². The number of aryl methyl sites for hydroxylation is 1. The maximum atomic E-state index is 13.4. The van der Waals surface area contributed by atoms with Gasteiger partial charge in [-0.05, 0) is 37.9 Å². The summed E-state index contributed by atoms with van der Waals surface area (Å²) >= 11 is 1.73. The Labute approximate surface area is 143 Å². The number of nitrogens with one attached hydrogen (secondary N) is 1. The highest BCUT2D eigenvalue weighted by molar-refractivity contribution is 7.10. The van der Waals surface area contributed by atoms with E-state index in [-0.39, 0.29) is 11.9 Å². The molecule has 128 valence electrons. The molecule has 0 bridgehead atoms. The molecule has 1 N–H and O–H groups in total. The lowest BCUT2D eigenvalue weighted by atomic mass is 10.0. The van der Waals surface area contributed by atoms with Crippen molar-refractivity contribution in [3.05, 3.63) is 21.9 Å². The second kappa shape index (κ2) is 7.30. The maximum Gasteiger partial charge on any atom is 0.245 e. The molecule has 6 heteroatoms. The molecule has 1 aromatic rings. The third-order valence-electron chi connectivity index (χ3n) is 5.08. The summed E-state index contributed by atoms with van der Waals surface area (Å²) in [5.41, 5.74) is 1.24. The third kappa shape index (κ3) is 3.60. The van der Waals surface area contributed by atoms with Gasteiger partial charge in [-0.3, -0.25) is 9.69 Å². The number of thiophene rings is 1. The Morgan fingerprint density at radius 2 is 2.04 bits per heavy atom. The van der Waals surface area contributed by atoms with Crippen LogP contribution >= 0.6 is 11.3 Å². The lowest BCUT2D eigenvalue weighted by molar-refractivity contribution is -0.140. The number of amides is 1. The Balaban J connectivity index is 1.85. The summed E-state index contributed by atoms with van der Waals surface area (Å²) in [6.45, 7) is 10.8. The molecular weight excluding hydrogens is 308 g/mol. The first-order valence-electron chi connectivity index (χ1n) is 8.55. The molecule has 2 unspecified atom stereocenters. The summed E-state index contributed by atoms with van der Waals surface area (Å²) < 4.78 is 0. The van der Waals surface area contributed by atoms with Crippen LogP contribution in [0.2, 0.25) is 0 Å². The standard InChI is InChI=1S/C17H28N4OS/c1-13-4-11-23-16(13)15(21-6-5-18-12-14(21)2)17(22)20-9-7-19(3)8-10-20/h4,11,14-15,18H,5-10,12H2,1-3H3. The van der Waals surface area contributed by atoms with E-state index >= 15 is 0 Å². The fourth-order valence-electron chi connectivity index (χ4n) is 3.51. The Hall–Kier alpha value is -0.950. The molecule has 0 aliphatic carbocycles. The van der Waals surface area contributed by atoms with Crippen molar-refractivity contribution in [2.24, 2.45) is 0 Å². The SMILES string of the molecule is Cc1ccsc1C(C(=O)N1CCN(C)CC1)N1CCNCC1C. The minimum atomic E-state index is -0.115. The number of likely N-dealkylation sites (N-methyl/N-ethyl adjacent to an activating group) is 1. The van der Waals surface area contributed by atoms with Gasteiger partial charge in [0.05, 0.1) is 0 Å². The molecule has 3 heterocycles. The summed E-state index contributed by atoms with van der Waals surface area (Å²) in [5.74, 6) is 0.289.